The highest BCUT2D eigenvalue weighted by Gasteiger charge is 1.61. The Labute approximate surface area is 42.9 Å². The first-order chi connectivity index (χ1) is 3.41. The van der Waals surface area contributed by atoms with Crippen LogP contribution >= 0.6 is 0 Å². The molecule has 0 atom stereocenters. The summed E-state index contributed by atoms with van der Waals surface area (Å²) in [7, 11) is 0. The fourth-order valence-electron chi connectivity index (χ4n) is 0.208. The zero-order chi connectivity index (χ0) is 5.54. The molecule has 40 valence electrons. The van der Waals surface area contributed by atoms with E-state index in [1.807, 2.05) is 6.92 Å². The molecule has 3 heteroatoms. The third-order valence-corrected chi connectivity index (χ3v) is 0.471. The molecule has 0 amide bonds. The maximum Gasteiger partial charge on any atom is 0.0645 e. The van der Waals surface area contributed by atoms with Crippen LogP contribution in [-0.2, 0) is 0 Å². The van der Waals surface area contributed by atoms with Gasteiger partial charge in [0.05, 0.1) is 6.20 Å². The van der Waals surface area contributed by atoms with Crippen molar-refractivity contribution in [3.05, 3.63) is 12.4 Å². The monoisotopic (exact) mass is 99.1 g/mol. The second-order valence-electron chi connectivity index (χ2n) is 1.00. The first kappa shape index (κ1) is 6.14. The van der Waals surface area contributed by atoms with Crippen LogP contribution in [0.15, 0.2) is 17.5 Å². The van der Waals surface area contributed by atoms with Crippen molar-refractivity contribution in [2.75, 3.05) is 6.54 Å². The smallest absolute Gasteiger partial charge is 0.0645 e. The van der Waals surface area contributed by atoms with Gasteiger partial charge in [0.25, 0.3) is 0 Å². The van der Waals surface area contributed by atoms with Gasteiger partial charge in [-0.3, -0.25) is 0 Å². The van der Waals surface area contributed by atoms with Crippen LogP contribution in [0.1, 0.15) is 6.92 Å². The van der Waals surface area contributed by atoms with Crippen LogP contribution in [-0.4, -0.2) is 6.54 Å². The van der Waals surface area contributed by atoms with Gasteiger partial charge in [0.1, 0.15) is 0 Å². The fraction of sp³-hybridized carbons (Fsp3) is 0.500. The standard InChI is InChI=1S/C4H9N3/c1-2-6-3-4-7-5/h3-6H,2H2,1H3/b4-3-,7-5?. The van der Waals surface area contributed by atoms with E-state index < -0.39 is 0 Å². The number of rotatable bonds is 3. The summed E-state index contributed by atoms with van der Waals surface area (Å²) in [6.45, 7) is 2.86. The molecule has 0 spiro atoms. The van der Waals surface area contributed by atoms with Crippen LogP contribution < -0.4 is 5.32 Å². The molecule has 3 nitrogen and oxygen atoms in total. The molecule has 0 bridgehead atoms. The lowest BCUT2D eigenvalue weighted by atomic mass is 10.7. The predicted octanol–water partition coefficient (Wildman–Crippen LogP) is 1.10. The zero-order valence-corrected chi connectivity index (χ0v) is 4.31. The van der Waals surface area contributed by atoms with E-state index in [1.165, 1.54) is 6.20 Å². The molecule has 0 aliphatic carbocycles. The van der Waals surface area contributed by atoms with Gasteiger partial charge in [-0.1, -0.05) is 0 Å². The average molecular weight is 99.1 g/mol. The van der Waals surface area contributed by atoms with Gasteiger partial charge in [0, 0.05) is 12.7 Å². The highest BCUT2D eigenvalue weighted by atomic mass is 14.9. The maximum atomic E-state index is 6.28. The minimum atomic E-state index is 0.881. The second kappa shape index (κ2) is 5.14. The Balaban J connectivity index is 2.92. The van der Waals surface area contributed by atoms with E-state index in [2.05, 4.69) is 10.4 Å². The fourth-order valence-corrected chi connectivity index (χ4v) is 0.208. The summed E-state index contributed by atoms with van der Waals surface area (Å²) in [5, 5.41) is 5.84. The summed E-state index contributed by atoms with van der Waals surface area (Å²) in [6, 6.07) is 0. The summed E-state index contributed by atoms with van der Waals surface area (Å²) in [5.74, 6) is 0. The van der Waals surface area contributed by atoms with Crippen molar-refractivity contribution in [1.82, 2.24) is 5.32 Å². The molecule has 2 N–H and O–H groups in total. The van der Waals surface area contributed by atoms with Crippen molar-refractivity contribution in [3.63, 3.8) is 0 Å². The normalized spacial score (nSPS) is 9.29. The molecule has 0 saturated heterocycles. The minimum Gasteiger partial charge on any atom is -0.390 e. The Morgan fingerprint density at radius 1 is 1.86 bits per heavy atom. The molecular formula is C4H9N3. The largest absolute Gasteiger partial charge is 0.390 e. The number of nitrogens with one attached hydrogen (secondary N) is 2. The van der Waals surface area contributed by atoms with Crippen LogP contribution in [0.4, 0.5) is 0 Å². The SMILES string of the molecule is CCN/C=C\N=N. The predicted molar refractivity (Wildman–Crippen MR) is 28.0 cm³/mol. The van der Waals surface area contributed by atoms with Crippen molar-refractivity contribution < 1.29 is 0 Å². The van der Waals surface area contributed by atoms with Crippen molar-refractivity contribution in [2.24, 2.45) is 5.11 Å². The molecule has 0 aliphatic heterocycles. The second-order valence-corrected chi connectivity index (χ2v) is 1.00. The van der Waals surface area contributed by atoms with Crippen molar-refractivity contribution in [2.45, 2.75) is 6.92 Å². The van der Waals surface area contributed by atoms with E-state index in [1.54, 1.807) is 6.20 Å². The van der Waals surface area contributed by atoms with Gasteiger partial charge in [-0.05, 0) is 6.92 Å². The van der Waals surface area contributed by atoms with Gasteiger partial charge in [-0.15, -0.1) is 0 Å². The Kier molecular flexibility index (Phi) is 4.51. The molecule has 0 heterocycles. The van der Waals surface area contributed by atoms with E-state index in [0.717, 1.165) is 6.54 Å². The van der Waals surface area contributed by atoms with Crippen LogP contribution in [0.2, 0.25) is 0 Å². The van der Waals surface area contributed by atoms with Gasteiger partial charge in [-0.25, -0.2) is 5.53 Å². The van der Waals surface area contributed by atoms with E-state index >= 15 is 0 Å². The van der Waals surface area contributed by atoms with Gasteiger partial charge in [0.15, 0.2) is 0 Å². The lowest BCUT2D eigenvalue weighted by molar-refractivity contribution is 0.911. The lowest BCUT2D eigenvalue weighted by Gasteiger charge is -1.85. The molecule has 0 aromatic heterocycles. The number of hydrogen-bond donors (Lipinski definition) is 2. The summed E-state index contributed by atoms with van der Waals surface area (Å²) in [4.78, 5) is 0. The molecule has 0 aliphatic rings. The third-order valence-electron chi connectivity index (χ3n) is 0.471. The Morgan fingerprint density at radius 2 is 2.57 bits per heavy atom. The summed E-state index contributed by atoms with van der Waals surface area (Å²) < 4.78 is 0. The minimum absolute atomic E-state index is 0.881. The molecule has 0 aromatic carbocycles. The van der Waals surface area contributed by atoms with Crippen LogP contribution in [0.3, 0.4) is 0 Å². The van der Waals surface area contributed by atoms with Gasteiger partial charge >= 0.3 is 0 Å². The van der Waals surface area contributed by atoms with E-state index in [4.69, 9.17) is 5.53 Å². The Hall–Kier alpha value is -0.860. The summed E-state index contributed by atoms with van der Waals surface area (Å²) in [5.41, 5.74) is 6.28. The molecule has 0 radical (unpaired) electrons. The van der Waals surface area contributed by atoms with Gasteiger partial charge in [-0.2, -0.15) is 5.11 Å². The van der Waals surface area contributed by atoms with Crippen molar-refractivity contribution >= 4 is 0 Å². The maximum absolute atomic E-state index is 6.28. The quantitative estimate of drug-likeness (QED) is 0.511. The highest BCUT2D eigenvalue weighted by Crippen LogP contribution is 1.65. The van der Waals surface area contributed by atoms with Gasteiger partial charge in [0.2, 0.25) is 0 Å². The molecule has 0 fully saturated rings. The van der Waals surface area contributed by atoms with Crippen molar-refractivity contribution in [3.8, 4) is 0 Å². The summed E-state index contributed by atoms with van der Waals surface area (Å²) >= 11 is 0. The molecule has 7 heavy (non-hydrogen) atoms. The topological polar surface area (TPSA) is 48.2 Å². The molecule has 0 unspecified atom stereocenters. The van der Waals surface area contributed by atoms with E-state index in [0.29, 0.717) is 0 Å². The molecular weight excluding hydrogens is 90.1 g/mol. The van der Waals surface area contributed by atoms with Gasteiger partial charge < -0.3 is 5.32 Å². The van der Waals surface area contributed by atoms with E-state index in [-0.39, 0.29) is 0 Å². The average Bonchev–Trinajstić information content (AvgIpc) is 1.69. The molecule has 0 aromatic rings. The van der Waals surface area contributed by atoms with Crippen LogP contribution in [0.5, 0.6) is 0 Å². The molecule has 0 rings (SSSR count). The zero-order valence-electron chi connectivity index (χ0n) is 4.31. The van der Waals surface area contributed by atoms with Crippen LogP contribution in [0.25, 0.3) is 0 Å². The lowest BCUT2D eigenvalue weighted by Crippen LogP contribution is -2.00. The Bertz CT molecular complexity index is 67.3. The number of nitrogens with zero attached hydrogens (tertiary/aromatic N) is 1. The first-order valence-electron chi connectivity index (χ1n) is 2.16. The van der Waals surface area contributed by atoms with Crippen molar-refractivity contribution in [1.29, 1.82) is 5.53 Å². The number of hydrogen-bond acceptors (Lipinski definition) is 3. The Morgan fingerprint density at radius 3 is 3.00 bits per heavy atom. The van der Waals surface area contributed by atoms with E-state index in [9.17, 15) is 0 Å². The van der Waals surface area contributed by atoms with Crippen LogP contribution in [0, 0.1) is 5.53 Å². The third kappa shape index (κ3) is 5.14. The summed E-state index contributed by atoms with van der Waals surface area (Å²) in [6.07, 6.45) is 3.02. The first-order valence-corrected chi connectivity index (χ1v) is 2.16. The molecule has 0 saturated carbocycles. The highest BCUT2D eigenvalue weighted by molar-refractivity contribution is 4.72.